The highest BCUT2D eigenvalue weighted by Gasteiger charge is 2.25. The van der Waals surface area contributed by atoms with E-state index < -0.39 is 5.97 Å². The lowest BCUT2D eigenvalue weighted by atomic mass is 9.83. The quantitative estimate of drug-likeness (QED) is 0.543. The van der Waals surface area contributed by atoms with Crippen LogP contribution in [0.5, 0.6) is 0 Å². The number of carbonyl (C=O) groups is 1. The van der Waals surface area contributed by atoms with Crippen LogP contribution in [0, 0.1) is 17.2 Å². The molecule has 0 saturated heterocycles. The topological polar surface area (TPSA) is 100 Å². The summed E-state index contributed by atoms with van der Waals surface area (Å²) in [5, 5.41) is 13.3. The number of ether oxygens (including phenoxy) is 2. The van der Waals surface area contributed by atoms with Gasteiger partial charge in [0.1, 0.15) is 17.8 Å². The van der Waals surface area contributed by atoms with Gasteiger partial charge in [-0.1, -0.05) is 12.8 Å². The van der Waals surface area contributed by atoms with Crippen LogP contribution in [0.15, 0.2) is 18.5 Å². The van der Waals surface area contributed by atoms with E-state index >= 15 is 0 Å². The molecule has 7 nitrogen and oxygen atoms in total. The minimum atomic E-state index is -0.401. The first-order chi connectivity index (χ1) is 13.2. The molecule has 1 fully saturated rings. The highest BCUT2D eigenvalue weighted by atomic mass is 16.6. The van der Waals surface area contributed by atoms with Gasteiger partial charge in [-0.05, 0) is 31.2 Å². The number of fused-ring (bicyclic) bond motifs is 1. The van der Waals surface area contributed by atoms with E-state index in [1.807, 2.05) is 12.3 Å². The Balaban J connectivity index is 1.79. The minimum absolute atomic E-state index is 0.208. The van der Waals surface area contributed by atoms with Crippen molar-refractivity contribution in [3.8, 4) is 6.07 Å². The van der Waals surface area contributed by atoms with Gasteiger partial charge in [-0.3, -0.25) is 0 Å². The lowest BCUT2D eigenvalue weighted by Gasteiger charge is -2.30. The van der Waals surface area contributed by atoms with Crippen LogP contribution in [0.1, 0.15) is 48.9 Å². The number of methoxy groups -OCH3 is 1. The number of hydrogen-bond donors (Lipinski definition) is 2. The Kier molecular flexibility index (Phi) is 6.66. The monoisotopic (exact) mass is 370 g/mol. The van der Waals surface area contributed by atoms with Crippen molar-refractivity contribution in [3.63, 3.8) is 0 Å². The van der Waals surface area contributed by atoms with Crippen LogP contribution in [-0.4, -0.2) is 42.3 Å². The Bertz CT molecular complexity index is 811. The molecule has 0 aromatic carbocycles. The van der Waals surface area contributed by atoms with Gasteiger partial charge >= 0.3 is 5.97 Å². The second-order valence-electron chi connectivity index (χ2n) is 6.99. The van der Waals surface area contributed by atoms with E-state index in [0.29, 0.717) is 24.5 Å². The molecule has 1 aliphatic carbocycles. The zero-order valence-electron chi connectivity index (χ0n) is 15.7. The van der Waals surface area contributed by atoms with Crippen molar-refractivity contribution in [1.29, 1.82) is 5.26 Å². The van der Waals surface area contributed by atoms with Crippen LogP contribution in [-0.2, 0) is 9.47 Å². The number of H-pyrrole nitrogens is 1. The molecule has 1 aliphatic rings. The summed E-state index contributed by atoms with van der Waals surface area (Å²) >= 11 is 0. The van der Waals surface area contributed by atoms with Crippen molar-refractivity contribution in [3.05, 3.63) is 24.0 Å². The Hall–Kier alpha value is -2.59. The number of rotatable bonds is 8. The van der Waals surface area contributed by atoms with Gasteiger partial charge in [-0.15, -0.1) is 0 Å². The van der Waals surface area contributed by atoms with Gasteiger partial charge < -0.3 is 19.8 Å². The molecular formula is C20H26N4O3. The van der Waals surface area contributed by atoms with Crippen LogP contribution in [0.4, 0.5) is 5.69 Å². The van der Waals surface area contributed by atoms with Gasteiger partial charge in [0, 0.05) is 37.4 Å². The van der Waals surface area contributed by atoms with Gasteiger partial charge in [0.25, 0.3) is 0 Å². The largest absolute Gasteiger partial charge is 0.460 e. The summed E-state index contributed by atoms with van der Waals surface area (Å²) in [4.78, 5) is 20.0. The summed E-state index contributed by atoms with van der Waals surface area (Å²) in [5.41, 5.74) is 1.95. The normalized spacial score (nSPS) is 19.6. The summed E-state index contributed by atoms with van der Waals surface area (Å²) in [6, 6.07) is 4.44. The van der Waals surface area contributed by atoms with Crippen molar-refractivity contribution in [1.82, 2.24) is 9.97 Å². The fourth-order valence-corrected chi connectivity index (χ4v) is 3.77. The molecule has 0 bridgehead atoms. The molecule has 2 aromatic rings. The van der Waals surface area contributed by atoms with E-state index in [2.05, 4.69) is 21.4 Å². The number of aromatic amines is 1. The average molecular weight is 370 g/mol. The third-order valence-electron chi connectivity index (χ3n) is 5.12. The number of nitrogens with one attached hydrogen (secondary N) is 2. The zero-order chi connectivity index (χ0) is 19.1. The molecule has 1 saturated carbocycles. The van der Waals surface area contributed by atoms with E-state index in [0.717, 1.165) is 42.4 Å². The van der Waals surface area contributed by atoms with Crippen LogP contribution in [0.25, 0.3) is 11.0 Å². The third-order valence-corrected chi connectivity index (χ3v) is 5.12. The molecule has 0 amide bonds. The molecule has 0 aliphatic heterocycles. The Morgan fingerprint density at radius 1 is 1.44 bits per heavy atom. The van der Waals surface area contributed by atoms with Gasteiger partial charge in [0.2, 0.25) is 0 Å². The molecule has 2 unspecified atom stereocenters. The second kappa shape index (κ2) is 9.38. The molecule has 0 spiro atoms. The molecule has 144 valence electrons. The molecular weight excluding hydrogens is 344 g/mol. The van der Waals surface area contributed by atoms with Gasteiger partial charge in [0.15, 0.2) is 0 Å². The van der Waals surface area contributed by atoms with E-state index in [-0.39, 0.29) is 12.6 Å². The Morgan fingerprint density at radius 2 is 2.33 bits per heavy atom. The third kappa shape index (κ3) is 4.77. The maximum atomic E-state index is 12.5. The van der Waals surface area contributed by atoms with Crippen LogP contribution in [0.2, 0.25) is 0 Å². The van der Waals surface area contributed by atoms with Crippen molar-refractivity contribution in [2.24, 2.45) is 5.92 Å². The zero-order valence-corrected chi connectivity index (χ0v) is 15.7. The van der Waals surface area contributed by atoms with E-state index in [1.54, 1.807) is 13.3 Å². The molecule has 0 radical (unpaired) electrons. The number of esters is 1. The molecule has 2 N–H and O–H groups in total. The number of pyridine rings is 1. The predicted molar refractivity (Wildman–Crippen MR) is 102 cm³/mol. The highest BCUT2D eigenvalue weighted by molar-refractivity contribution is 6.04. The maximum Gasteiger partial charge on any atom is 0.341 e. The van der Waals surface area contributed by atoms with E-state index in [4.69, 9.17) is 14.7 Å². The highest BCUT2D eigenvalue weighted by Crippen LogP contribution is 2.33. The standard InChI is InChI=1S/C20H26N4O3/c1-26-10-11-27-20(25)17-13-23-19-16(7-9-22-19)18(17)24-15-6-2-4-14(12-15)5-3-8-21/h7,9,13-15H,2-6,10-12H2,1H3,(H2,22,23,24). The van der Waals surface area contributed by atoms with Crippen molar-refractivity contribution >= 4 is 22.7 Å². The minimum Gasteiger partial charge on any atom is -0.460 e. The summed E-state index contributed by atoms with van der Waals surface area (Å²) < 4.78 is 10.3. The Labute approximate surface area is 159 Å². The van der Waals surface area contributed by atoms with Crippen molar-refractivity contribution < 1.29 is 14.3 Å². The smallest absolute Gasteiger partial charge is 0.341 e. The Morgan fingerprint density at radius 3 is 3.15 bits per heavy atom. The van der Waals surface area contributed by atoms with Gasteiger partial charge in [0.05, 0.1) is 18.4 Å². The average Bonchev–Trinajstić information content (AvgIpc) is 3.16. The molecule has 7 heteroatoms. The molecule has 3 rings (SSSR count). The predicted octanol–water partition coefficient (Wildman–Crippen LogP) is 3.64. The van der Waals surface area contributed by atoms with Crippen molar-refractivity contribution in [2.75, 3.05) is 25.6 Å². The summed E-state index contributed by atoms with van der Waals surface area (Å²) in [5.74, 6) is 0.151. The lowest BCUT2D eigenvalue weighted by Crippen LogP contribution is -2.28. The summed E-state index contributed by atoms with van der Waals surface area (Å²) in [7, 11) is 1.57. The van der Waals surface area contributed by atoms with Gasteiger partial charge in [-0.2, -0.15) is 5.26 Å². The number of anilines is 1. The lowest BCUT2D eigenvalue weighted by molar-refractivity contribution is 0.0389. The van der Waals surface area contributed by atoms with E-state index in [1.165, 1.54) is 6.42 Å². The molecule has 2 atom stereocenters. The number of nitriles is 1. The number of nitrogens with zero attached hydrogens (tertiary/aromatic N) is 2. The first-order valence-electron chi connectivity index (χ1n) is 9.48. The van der Waals surface area contributed by atoms with Crippen LogP contribution < -0.4 is 5.32 Å². The number of hydrogen-bond acceptors (Lipinski definition) is 6. The fourth-order valence-electron chi connectivity index (χ4n) is 3.77. The second-order valence-corrected chi connectivity index (χ2v) is 6.99. The van der Waals surface area contributed by atoms with Crippen LogP contribution in [0.3, 0.4) is 0 Å². The molecule has 2 aromatic heterocycles. The molecule has 2 heterocycles. The van der Waals surface area contributed by atoms with E-state index in [9.17, 15) is 4.79 Å². The molecule has 27 heavy (non-hydrogen) atoms. The first-order valence-corrected chi connectivity index (χ1v) is 9.48. The summed E-state index contributed by atoms with van der Waals surface area (Å²) in [6.07, 6.45) is 9.28. The number of aromatic nitrogens is 2. The van der Waals surface area contributed by atoms with Gasteiger partial charge in [-0.25, -0.2) is 9.78 Å². The summed E-state index contributed by atoms with van der Waals surface area (Å²) in [6.45, 7) is 0.567. The first kappa shape index (κ1) is 19.2. The SMILES string of the molecule is COCCOC(=O)c1cnc2[nH]ccc2c1NC1CCCC(CCC#N)C1. The van der Waals surface area contributed by atoms with Crippen LogP contribution >= 0.6 is 0 Å². The number of carbonyl (C=O) groups excluding carboxylic acids is 1. The fraction of sp³-hybridized carbons (Fsp3) is 0.550. The maximum absolute atomic E-state index is 12.5. The van der Waals surface area contributed by atoms with Crippen molar-refractivity contribution in [2.45, 2.75) is 44.6 Å².